The van der Waals surface area contributed by atoms with Crippen molar-refractivity contribution in [1.29, 1.82) is 0 Å². The predicted molar refractivity (Wildman–Crippen MR) is 78.7 cm³/mol. The molecule has 1 atom stereocenters. The molecule has 0 amide bonds. The number of hydrogen-bond acceptors (Lipinski definition) is 1. The molecule has 1 aliphatic rings. The van der Waals surface area contributed by atoms with Crippen molar-refractivity contribution >= 4 is 0 Å². The molecule has 1 nitrogen and oxygen atoms in total. The van der Waals surface area contributed by atoms with Crippen molar-refractivity contribution in [2.45, 2.75) is 58.9 Å². The molecule has 0 heterocycles. The maximum absolute atomic E-state index is 13.9. The van der Waals surface area contributed by atoms with Crippen LogP contribution in [-0.2, 0) is 0 Å². The number of aryl methyl sites for hydroxylation is 1. The van der Waals surface area contributed by atoms with Gasteiger partial charge in [-0.2, -0.15) is 0 Å². The zero-order valence-corrected chi connectivity index (χ0v) is 12.4. The zero-order valence-electron chi connectivity index (χ0n) is 12.4. The molecule has 0 aliphatic heterocycles. The highest BCUT2D eigenvalue weighted by Gasteiger charge is 2.40. The summed E-state index contributed by atoms with van der Waals surface area (Å²) in [6.45, 7) is 7.17. The fraction of sp³-hybridized carbons (Fsp3) is 0.647. The van der Waals surface area contributed by atoms with Gasteiger partial charge >= 0.3 is 0 Å². The van der Waals surface area contributed by atoms with E-state index in [-0.39, 0.29) is 5.82 Å². The van der Waals surface area contributed by atoms with E-state index in [0.717, 1.165) is 17.7 Å². The van der Waals surface area contributed by atoms with Gasteiger partial charge < -0.3 is 5.32 Å². The Labute approximate surface area is 116 Å². The lowest BCUT2D eigenvalue weighted by Crippen LogP contribution is -2.36. The number of rotatable bonds is 5. The van der Waals surface area contributed by atoms with Crippen molar-refractivity contribution < 1.29 is 4.39 Å². The zero-order chi connectivity index (χ0) is 13.9. The minimum atomic E-state index is -0.0790. The number of benzene rings is 1. The Morgan fingerprint density at radius 1 is 1.26 bits per heavy atom. The van der Waals surface area contributed by atoms with Crippen LogP contribution in [0.2, 0.25) is 0 Å². The van der Waals surface area contributed by atoms with Crippen LogP contribution in [0.5, 0.6) is 0 Å². The highest BCUT2D eigenvalue weighted by molar-refractivity contribution is 5.27. The van der Waals surface area contributed by atoms with Crippen LogP contribution in [-0.4, -0.2) is 6.54 Å². The minimum Gasteiger partial charge on any atom is -0.310 e. The molecule has 0 bridgehead atoms. The van der Waals surface area contributed by atoms with Gasteiger partial charge in [-0.15, -0.1) is 0 Å². The Balaban J connectivity index is 2.35. The lowest BCUT2D eigenvalue weighted by molar-refractivity contribution is 0.189. The largest absolute Gasteiger partial charge is 0.310 e. The van der Waals surface area contributed by atoms with Gasteiger partial charge in [-0.3, -0.25) is 0 Å². The Morgan fingerprint density at radius 2 is 1.95 bits per heavy atom. The molecule has 1 aromatic carbocycles. The topological polar surface area (TPSA) is 12.0 Å². The van der Waals surface area contributed by atoms with Gasteiger partial charge in [0, 0.05) is 6.04 Å². The van der Waals surface area contributed by atoms with Gasteiger partial charge in [0.05, 0.1) is 0 Å². The average Bonchev–Trinajstić information content (AvgIpc) is 2.89. The summed E-state index contributed by atoms with van der Waals surface area (Å²) in [5.74, 6) is -0.0790. The van der Waals surface area contributed by atoms with Crippen LogP contribution < -0.4 is 5.32 Å². The standard InChI is InChI=1S/C17H26FN/c1-4-17(10-6-7-11-17)16(19-5-2)14-9-8-13(3)15(18)12-14/h8-9,12,16,19H,4-7,10-11H2,1-3H3. The highest BCUT2D eigenvalue weighted by atomic mass is 19.1. The third-order valence-electron chi connectivity index (χ3n) is 4.85. The molecular formula is C17H26FN. The maximum atomic E-state index is 13.9. The fourth-order valence-electron chi connectivity index (χ4n) is 3.61. The van der Waals surface area contributed by atoms with Gasteiger partial charge in [0.25, 0.3) is 0 Å². The molecule has 2 heteroatoms. The van der Waals surface area contributed by atoms with Crippen LogP contribution in [0.3, 0.4) is 0 Å². The van der Waals surface area contributed by atoms with E-state index in [0.29, 0.717) is 11.5 Å². The van der Waals surface area contributed by atoms with Crippen molar-refractivity contribution in [2.24, 2.45) is 5.41 Å². The Hall–Kier alpha value is -0.890. The summed E-state index contributed by atoms with van der Waals surface area (Å²) in [6, 6.07) is 6.03. The number of hydrogen-bond donors (Lipinski definition) is 1. The molecule has 1 unspecified atom stereocenters. The second-order valence-electron chi connectivity index (χ2n) is 5.92. The van der Waals surface area contributed by atoms with E-state index in [4.69, 9.17) is 0 Å². The van der Waals surface area contributed by atoms with Crippen molar-refractivity contribution in [3.05, 3.63) is 35.1 Å². The monoisotopic (exact) mass is 263 g/mol. The second kappa shape index (κ2) is 6.04. The molecule has 1 fully saturated rings. The SMILES string of the molecule is CCNC(c1ccc(C)c(F)c1)C1(CC)CCCC1. The molecule has 2 rings (SSSR count). The van der Waals surface area contributed by atoms with E-state index in [2.05, 4.69) is 25.2 Å². The molecule has 1 aromatic rings. The molecule has 0 aromatic heterocycles. The van der Waals surface area contributed by atoms with Gasteiger partial charge in [-0.25, -0.2) is 4.39 Å². The Morgan fingerprint density at radius 3 is 2.47 bits per heavy atom. The van der Waals surface area contributed by atoms with Crippen LogP contribution in [0.25, 0.3) is 0 Å². The average molecular weight is 263 g/mol. The van der Waals surface area contributed by atoms with Crippen LogP contribution >= 0.6 is 0 Å². The summed E-state index contributed by atoms with van der Waals surface area (Å²) in [6.07, 6.45) is 6.31. The van der Waals surface area contributed by atoms with E-state index < -0.39 is 0 Å². The quantitative estimate of drug-likeness (QED) is 0.808. The third-order valence-corrected chi connectivity index (χ3v) is 4.85. The van der Waals surface area contributed by atoms with E-state index in [1.165, 1.54) is 32.1 Å². The molecule has 1 saturated carbocycles. The van der Waals surface area contributed by atoms with Crippen molar-refractivity contribution in [3.63, 3.8) is 0 Å². The van der Waals surface area contributed by atoms with Crippen molar-refractivity contribution in [2.75, 3.05) is 6.54 Å². The number of halogens is 1. The third kappa shape index (κ3) is 2.84. The summed E-state index contributed by atoms with van der Waals surface area (Å²) < 4.78 is 13.9. The van der Waals surface area contributed by atoms with Gasteiger partial charge in [-0.05, 0) is 55.3 Å². The van der Waals surface area contributed by atoms with Crippen LogP contribution in [0.1, 0.15) is 63.1 Å². The number of nitrogens with one attached hydrogen (secondary N) is 1. The van der Waals surface area contributed by atoms with E-state index in [9.17, 15) is 4.39 Å². The molecule has 1 aliphatic carbocycles. The first-order valence-corrected chi connectivity index (χ1v) is 7.62. The second-order valence-corrected chi connectivity index (χ2v) is 5.92. The molecule has 0 radical (unpaired) electrons. The smallest absolute Gasteiger partial charge is 0.126 e. The summed E-state index contributed by atoms with van der Waals surface area (Å²) in [5.41, 5.74) is 2.17. The van der Waals surface area contributed by atoms with Crippen LogP contribution in [0, 0.1) is 18.2 Å². The lowest BCUT2D eigenvalue weighted by Gasteiger charge is -2.38. The molecule has 1 N–H and O–H groups in total. The summed E-state index contributed by atoms with van der Waals surface area (Å²) in [4.78, 5) is 0. The van der Waals surface area contributed by atoms with Gasteiger partial charge in [-0.1, -0.05) is 38.8 Å². The molecule has 0 spiro atoms. The normalized spacial score (nSPS) is 19.6. The fourth-order valence-corrected chi connectivity index (χ4v) is 3.61. The van der Waals surface area contributed by atoms with Gasteiger partial charge in [0.2, 0.25) is 0 Å². The van der Waals surface area contributed by atoms with Crippen molar-refractivity contribution in [3.8, 4) is 0 Å². The van der Waals surface area contributed by atoms with Crippen LogP contribution in [0.4, 0.5) is 4.39 Å². The van der Waals surface area contributed by atoms with E-state index >= 15 is 0 Å². The summed E-state index contributed by atoms with van der Waals surface area (Å²) in [5, 5.41) is 3.61. The first-order valence-electron chi connectivity index (χ1n) is 7.62. The van der Waals surface area contributed by atoms with E-state index in [1.54, 1.807) is 6.07 Å². The Kier molecular flexibility index (Phi) is 4.62. The van der Waals surface area contributed by atoms with Gasteiger partial charge in [0.1, 0.15) is 5.82 Å². The summed E-state index contributed by atoms with van der Waals surface area (Å²) >= 11 is 0. The molecular weight excluding hydrogens is 237 g/mol. The lowest BCUT2D eigenvalue weighted by atomic mass is 9.73. The van der Waals surface area contributed by atoms with Gasteiger partial charge in [0.15, 0.2) is 0 Å². The van der Waals surface area contributed by atoms with Crippen molar-refractivity contribution in [1.82, 2.24) is 5.32 Å². The Bertz CT molecular complexity index is 421. The maximum Gasteiger partial charge on any atom is 0.126 e. The summed E-state index contributed by atoms with van der Waals surface area (Å²) in [7, 11) is 0. The first-order chi connectivity index (χ1) is 9.13. The van der Waals surface area contributed by atoms with E-state index in [1.807, 2.05) is 13.0 Å². The highest BCUT2D eigenvalue weighted by Crippen LogP contribution is 2.50. The van der Waals surface area contributed by atoms with Crippen LogP contribution in [0.15, 0.2) is 18.2 Å². The first kappa shape index (κ1) is 14.5. The molecule has 106 valence electrons. The molecule has 19 heavy (non-hydrogen) atoms. The predicted octanol–water partition coefficient (Wildman–Crippen LogP) is 4.76. The minimum absolute atomic E-state index is 0.0790. The molecule has 0 saturated heterocycles.